The van der Waals surface area contributed by atoms with E-state index in [0.717, 1.165) is 16.9 Å². The zero-order valence-corrected chi connectivity index (χ0v) is 7.86. The second kappa shape index (κ2) is 4.01. The molecule has 70 valence electrons. The van der Waals surface area contributed by atoms with Crippen LogP contribution in [0, 0.1) is 6.61 Å². The van der Waals surface area contributed by atoms with Gasteiger partial charge in [0.15, 0.2) is 0 Å². The van der Waals surface area contributed by atoms with Crippen molar-refractivity contribution in [3.05, 3.63) is 54.8 Å². The molecule has 0 atom stereocenters. The highest BCUT2D eigenvalue weighted by Crippen LogP contribution is 2.28. The van der Waals surface area contributed by atoms with E-state index in [1.807, 2.05) is 36.4 Å². The van der Waals surface area contributed by atoms with Crippen LogP contribution >= 0.6 is 0 Å². The van der Waals surface area contributed by atoms with E-state index in [4.69, 9.17) is 9.47 Å². The molecule has 0 amide bonds. The first-order valence-corrected chi connectivity index (χ1v) is 4.33. The third-order valence-electron chi connectivity index (χ3n) is 1.98. The van der Waals surface area contributed by atoms with E-state index in [1.54, 1.807) is 13.4 Å². The van der Waals surface area contributed by atoms with Crippen LogP contribution in [0.15, 0.2) is 42.7 Å². The highest BCUT2D eigenvalue weighted by molar-refractivity contribution is 5.76. The fourth-order valence-corrected chi connectivity index (χ4v) is 1.32. The van der Waals surface area contributed by atoms with Crippen molar-refractivity contribution in [1.29, 1.82) is 0 Å². The second-order valence-electron chi connectivity index (χ2n) is 2.83. The van der Waals surface area contributed by atoms with Gasteiger partial charge in [-0.05, 0) is 12.1 Å². The van der Waals surface area contributed by atoms with Crippen LogP contribution < -0.4 is 4.74 Å². The van der Waals surface area contributed by atoms with Crippen LogP contribution in [0.3, 0.4) is 0 Å². The Kier molecular flexibility index (Phi) is 2.54. The molecular weight excluding hydrogens is 176 g/mol. The van der Waals surface area contributed by atoms with Gasteiger partial charge in [0.05, 0.1) is 13.4 Å². The molecule has 0 unspecified atom stereocenters. The van der Waals surface area contributed by atoms with Gasteiger partial charge in [0.2, 0.25) is 6.61 Å². The molecule has 0 aliphatic carbocycles. The Labute approximate surface area is 83.5 Å². The third kappa shape index (κ3) is 1.64. The van der Waals surface area contributed by atoms with Gasteiger partial charge in [0, 0.05) is 11.1 Å². The summed E-state index contributed by atoms with van der Waals surface area (Å²) >= 11 is 0. The first kappa shape index (κ1) is 8.88. The number of para-hydroxylation sites is 1. The summed E-state index contributed by atoms with van der Waals surface area (Å²) in [6, 6.07) is 7.78. The fourth-order valence-electron chi connectivity index (χ4n) is 1.32. The van der Waals surface area contributed by atoms with Crippen molar-refractivity contribution in [3.8, 4) is 5.75 Å². The van der Waals surface area contributed by atoms with Gasteiger partial charge in [0.25, 0.3) is 0 Å². The zero-order valence-electron chi connectivity index (χ0n) is 7.86. The van der Waals surface area contributed by atoms with Gasteiger partial charge in [0.1, 0.15) is 5.75 Å². The number of hydrogen-bond donors (Lipinski definition) is 0. The molecule has 1 aromatic rings. The lowest BCUT2D eigenvalue weighted by atomic mass is 10.0. The molecule has 1 aromatic carbocycles. The Balaban J connectivity index is 2.39. The standard InChI is InChI=1S/C12H10O2/c1-13-12-7-3-2-6-11(12)10-5-4-8-14-9-10/h2-8H,1H3. The molecule has 2 nitrogen and oxygen atoms in total. The van der Waals surface area contributed by atoms with Crippen molar-refractivity contribution in [1.82, 2.24) is 0 Å². The van der Waals surface area contributed by atoms with Gasteiger partial charge >= 0.3 is 0 Å². The number of benzene rings is 1. The molecule has 0 spiro atoms. The minimum atomic E-state index is 0.824. The smallest absolute Gasteiger partial charge is 0.230 e. The molecule has 2 heteroatoms. The maximum atomic E-state index is 5.24. The van der Waals surface area contributed by atoms with Gasteiger partial charge < -0.3 is 9.47 Å². The monoisotopic (exact) mass is 186 g/mol. The summed E-state index contributed by atoms with van der Waals surface area (Å²) in [5.41, 5.74) is 1.88. The molecule has 0 aromatic heterocycles. The van der Waals surface area contributed by atoms with Gasteiger partial charge in [-0.3, -0.25) is 0 Å². The van der Waals surface area contributed by atoms with Gasteiger partial charge in [-0.1, -0.05) is 24.3 Å². The Morgan fingerprint density at radius 3 is 2.86 bits per heavy atom. The summed E-state index contributed by atoms with van der Waals surface area (Å²) in [5, 5.41) is 0. The van der Waals surface area contributed by atoms with Crippen LogP contribution in [0.2, 0.25) is 0 Å². The Morgan fingerprint density at radius 2 is 2.14 bits per heavy atom. The van der Waals surface area contributed by atoms with E-state index < -0.39 is 0 Å². The van der Waals surface area contributed by atoms with Crippen LogP contribution in [0.1, 0.15) is 5.56 Å². The quantitative estimate of drug-likeness (QED) is 0.707. The summed E-state index contributed by atoms with van der Waals surface area (Å²) < 4.78 is 10.2. The molecule has 0 bridgehead atoms. The topological polar surface area (TPSA) is 18.5 Å². The minimum absolute atomic E-state index is 0.824. The lowest BCUT2D eigenvalue weighted by molar-refractivity contribution is 0.358. The molecule has 14 heavy (non-hydrogen) atoms. The van der Waals surface area contributed by atoms with Crippen molar-refractivity contribution in [3.63, 3.8) is 0 Å². The van der Waals surface area contributed by atoms with E-state index in [0.29, 0.717) is 0 Å². The predicted octanol–water partition coefficient (Wildman–Crippen LogP) is 2.66. The van der Waals surface area contributed by atoms with Crippen LogP contribution in [0.4, 0.5) is 0 Å². The molecular formula is C12H10O2. The summed E-state index contributed by atoms with van der Waals surface area (Å²) in [5.74, 6) is 0.824. The first-order chi connectivity index (χ1) is 6.92. The first-order valence-electron chi connectivity index (χ1n) is 4.33. The summed E-state index contributed by atoms with van der Waals surface area (Å²) in [6.45, 7) is 2.80. The average Bonchev–Trinajstić information content (AvgIpc) is 2.30. The lowest BCUT2D eigenvalue weighted by Crippen LogP contribution is -1.94. The average molecular weight is 186 g/mol. The van der Waals surface area contributed by atoms with Crippen molar-refractivity contribution < 1.29 is 9.47 Å². The number of allylic oxidation sites excluding steroid dienone is 2. The van der Waals surface area contributed by atoms with Gasteiger partial charge in [-0.2, -0.15) is 0 Å². The zero-order chi connectivity index (χ0) is 9.80. The highest BCUT2D eigenvalue weighted by Gasteiger charge is 2.10. The summed E-state index contributed by atoms with van der Waals surface area (Å²) in [7, 11) is 1.65. The van der Waals surface area contributed by atoms with E-state index in [1.165, 1.54) is 0 Å². The Hall–Kier alpha value is -1.70. The summed E-state index contributed by atoms with van der Waals surface area (Å²) in [4.78, 5) is 0. The predicted molar refractivity (Wildman–Crippen MR) is 54.4 cm³/mol. The molecule has 1 heterocycles. The SMILES string of the molecule is COc1ccccc1C1=CC=CO[C]1. The third-order valence-corrected chi connectivity index (χ3v) is 1.98. The van der Waals surface area contributed by atoms with Crippen molar-refractivity contribution in [2.45, 2.75) is 0 Å². The van der Waals surface area contributed by atoms with E-state index in [2.05, 4.69) is 6.61 Å². The van der Waals surface area contributed by atoms with E-state index >= 15 is 0 Å². The molecule has 0 N–H and O–H groups in total. The normalized spacial score (nSPS) is 14.5. The Bertz CT molecular complexity index is 378. The molecule has 2 rings (SSSR count). The van der Waals surface area contributed by atoms with Crippen molar-refractivity contribution in [2.24, 2.45) is 0 Å². The molecule has 0 saturated carbocycles. The molecule has 0 fully saturated rings. The number of methoxy groups -OCH3 is 1. The Morgan fingerprint density at radius 1 is 1.29 bits per heavy atom. The maximum absolute atomic E-state index is 5.24. The van der Waals surface area contributed by atoms with Gasteiger partial charge in [-0.15, -0.1) is 0 Å². The maximum Gasteiger partial charge on any atom is 0.230 e. The fraction of sp³-hybridized carbons (Fsp3) is 0.0833. The number of ether oxygens (including phenoxy) is 2. The van der Waals surface area contributed by atoms with Crippen molar-refractivity contribution in [2.75, 3.05) is 7.11 Å². The van der Waals surface area contributed by atoms with Crippen LogP contribution in [-0.4, -0.2) is 7.11 Å². The highest BCUT2D eigenvalue weighted by atomic mass is 16.5. The van der Waals surface area contributed by atoms with Gasteiger partial charge in [-0.25, -0.2) is 0 Å². The van der Waals surface area contributed by atoms with Crippen molar-refractivity contribution >= 4 is 5.57 Å². The number of rotatable bonds is 2. The molecule has 1 aliphatic heterocycles. The second-order valence-corrected chi connectivity index (χ2v) is 2.83. The van der Waals surface area contributed by atoms with Crippen LogP contribution in [-0.2, 0) is 4.74 Å². The number of hydrogen-bond acceptors (Lipinski definition) is 2. The van der Waals surface area contributed by atoms with E-state index in [-0.39, 0.29) is 0 Å². The largest absolute Gasteiger partial charge is 0.496 e. The minimum Gasteiger partial charge on any atom is -0.496 e. The summed E-state index contributed by atoms with van der Waals surface area (Å²) in [6.07, 6.45) is 5.35. The van der Waals surface area contributed by atoms with E-state index in [9.17, 15) is 0 Å². The lowest BCUT2D eigenvalue weighted by Gasteiger charge is -2.11. The van der Waals surface area contributed by atoms with Crippen LogP contribution in [0.25, 0.3) is 5.57 Å². The molecule has 0 saturated heterocycles. The van der Waals surface area contributed by atoms with Crippen LogP contribution in [0.5, 0.6) is 5.75 Å². The molecule has 1 aliphatic rings. The molecule has 2 radical (unpaired) electrons.